The van der Waals surface area contributed by atoms with Crippen LogP contribution in [0.3, 0.4) is 0 Å². The molecular weight excluding hydrogens is 310 g/mol. The number of nitrogens with one attached hydrogen (secondary N) is 2. The van der Waals surface area contributed by atoms with Gasteiger partial charge in [0.15, 0.2) is 5.82 Å². The molecule has 0 bridgehead atoms. The van der Waals surface area contributed by atoms with Crippen molar-refractivity contribution < 1.29 is 0 Å². The summed E-state index contributed by atoms with van der Waals surface area (Å²) in [6, 6.07) is 16.3. The van der Waals surface area contributed by atoms with Crippen LogP contribution in [0, 0.1) is 6.92 Å². The highest BCUT2D eigenvalue weighted by Gasteiger charge is 2.17. The molecule has 0 aliphatic carbocycles. The Morgan fingerprint density at radius 2 is 1.60 bits per heavy atom. The summed E-state index contributed by atoms with van der Waals surface area (Å²) in [5.41, 5.74) is 4.42. The molecule has 1 aromatic heterocycles. The minimum atomic E-state index is 0.0348. The average Bonchev–Trinajstić information content (AvgIpc) is 2.57. The summed E-state index contributed by atoms with van der Waals surface area (Å²) < 4.78 is 0. The molecule has 0 unspecified atom stereocenters. The fourth-order valence-electron chi connectivity index (χ4n) is 2.57. The average molecular weight is 333 g/mol. The zero-order valence-electron chi connectivity index (χ0n) is 15.0. The van der Waals surface area contributed by atoms with E-state index in [1.54, 1.807) is 6.20 Å². The molecule has 5 heteroatoms. The number of aromatic nitrogens is 3. The van der Waals surface area contributed by atoms with Gasteiger partial charge in [-0.1, -0.05) is 56.7 Å². The first-order chi connectivity index (χ1) is 11.9. The Kier molecular flexibility index (Phi) is 4.65. The van der Waals surface area contributed by atoms with E-state index >= 15 is 0 Å². The highest BCUT2D eigenvalue weighted by molar-refractivity contribution is 5.63. The van der Waals surface area contributed by atoms with E-state index in [0.29, 0.717) is 11.8 Å². The maximum absolute atomic E-state index is 4.51. The number of nitrogens with zero attached hydrogens (tertiary/aromatic N) is 3. The molecular formula is C20H23N5. The molecule has 1 heterocycles. The Morgan fingerprint density at radius 1 is 0.880 bits per heavy atom. The van der Waals surface area contributed by atoms with Gasteiger partial charge in [-0.15, -0.1) is 5.10 Å². The van der Waals surface area contributed by atoms with E-state index in [-0.39, 0.29) is 5.41 Å². The topological polar surface area (TPSA) is 62.7 Å². The van der Waals surface area contributed by atoms with Crippen LogP contribution >= 0.6 is 0 Å². The van der Waals surface area contributed by atoms with Crippen LogP contribution in [0.2, 0.25) is 0 Å². The monoisotopic (exact) mass is 333 g/mol. The van der Waals surface area contributed by atoms with E-state index in [1.807, 2.05) is 36.4 Å². The molecule has 0 aliphatic rings. The Labute approximate surface area is 148 Å². The first kappa shape index (κ1) is 16.9. The van der Waals surface area contributed by atoms with Crippen molar-refractivity contribution in [1.82, 2.24) is 15.2 Å². The summed E-state index contributed by atoms with van der Waals surface area (Å²) in [6.45, 7) is 8.63. The van der Waals surface area contributed by atoms with Crippen LogP contribution in [0.4, 0.5) is 23.1 Å². The van der Waals surface area contributed by atoms with Crippen LogP contribution < -0.4 is 10.6 Å². The number of aryl methyl sites for hydroxylation is 1. The summed E-state index contributed by atoms with van der Waals surface area (Å²) in [7, 11) is 0. The molecule has 5 nitrogen and oxygen atoms in total. The van der Waals surface area contributed by atoms with Gasteiger partial charge >= 0.3 is 0 Å². The molecule has 2 aromatic carbocycles. The second-order valence-corrected chi connectivity index (χ2v) is 7.08. The lowest BCUT2D eigenvalue weighted by Gasteiger charge is -2.23. The predicted molar refractivity (Wildman–Crippen MR) is 103 cm³/mol. The van der Waals surface area contributed by atoms with Crippen molar-refractivity contribution >= 4 is 23.1 Å². The maximum atomic E-state index is 4.51. The van der Waals surface area contributed by atoms with Crippen LogP contribution in [0.1, 0.15) is 31.9 Å². The quantitative estimate of drug-likeness (QED) is 0.706. The van der Waals surface area contributed by atoms with Gasteiger partial charge in [-0.3, -0.25) is 0 Å². The lowest BCUT2D eigenvalue weighted by molar-refractivity contribution is 0.592. The van der Waals surface area contributed by atoms with Crippen LogP contribution in [0.15, 0.2) is 54.7 Å². The van der Waals surface area contributed by atoms with Gasteiger partial charge in [0.2, 0.25) is 5.95 Å². The van der Waals surface area contributed by atoms with Crippen LogP contribution in [-0.4, -0.2) is 15.2 Å². The molecule has 0 atom stereocenters. The van der Waals surface area contributed by atoms with E-state index in [2.05, 4.69) is 65.6 Å². The number of rotatable bonds is 4. The van der Waals surface area contributed by atoms with Crippen molar-refractivity contribution in [1.29, 1.82) is 0 Å². The SMILES string of the molecule is Cc1ccc(Nc2nncc(Nc3ccccc3C(C)(C)C)n2)cc1. The largest absolute Gasteiger partial charge is 0.339 e. The first-order valence-electron chi connectivity index (χ1n) is 8.32. The van der Waals surface area contributed by atoms with E-state index in [4.69, 9.17) is 0 Å². The number of anilines is 4. The third kappa shape index (κ3) is 4.32. The molecule has 0 aliphatic heterocycles. The van der Waals surface area contributed by atoms with Crippen LogP contribution in [-0.2, 0) is 5.41 Å². The highest BCUT2D eigenvalue weighted by Crippen LogP contribution is 2.30. The minimum absolute atomic E-state index is 0.0348. The molecule has 0 amide bonds. The standard InChI is InChI=1S/C20H23N5/c1-14-9-11-15(12-10-14)22-19-24-18(13-21-25-19)23-17-8-6-5-7-16(17)20(2,3)4/h5-13H,1-4H3,(H2,22,23,24,25). The van der Waals surface area contributed by atoms with Gasteiger partial charge < -0.3 is 10.6 Å². The Bertz CT molecular complexity index is 850. The second-order valence-electron chi connectivity index (χ2n) is 7.08. The van der Waals surface area contributed by atoms with Crippen molar-refractivity contribution in [3.05, 3.63) is 65.9 Å². The Balaban J connectivity index is 1.82. The molecule has 3 aromatic rings. The zero-order valence-corrected chi connectivity index (χ0v) is 15.0. The predicted octanol–water partition coefficient (Wildman–Crippen LogP) is 4.96. The normalized spacial score (nSPS) is 11.2. The summed E-state index contributed by atoms with van der Waals surface area (Å²) in [4.78, 5) is 4.51. The number of hydrogen-bond donors (Lipinski definition) is 2. The van der Waals surface area contributed by atoms with Crippen molar-refractivity contribution in [2.24, 2.45) is 0 Å². The molecule has 0 fully saturated rings. The second kappa shape index (κ2) is 6.89. The van der Waals surface area contributed by atoms with E-state index in [0.717, 1.165) is 11.4 Å². The van der Waals surface area contributed by atoms with E-state index in [1.165, 1.54) is 11.1 Å². The molecule has 0 saturated heterocycles. The Hall–Kier alpha value is -2.95. The van der Waals surface area contributed by atoms with Gasteiger partial charge in [-0.2, -0.15) is 10.1 Å². The van der Waals surface area contributed by atoms with Crippen molar-refractivity contribution in [3.63, 3.8) is 0 Å². The van der Waals surface area contributed by atoms with Gasteiger partial charge in [0.05, 0.1) is 6.20 Å². The van der Waals surface area contributed by atoms with Crippen molar-refractivity contribution in [2.75, 3.05) is 10.6 Å². The van der Waals surface area contributed by atoms with Gasteiger partial charge in [0, 0.05) is 11.4 Å². The third-order valence-corrected chi connectivity index (χ3v) is 3.86. The first-order valence-corrected chi connectivity index (χ1v) is 8.32. The summed E-state index contributed by atoms with van der Waals surface area (Å²) in [6.07, 6.45) is 1.62. The van der Waals surface area contributed by atoms with Gasteiger partial charge in [0.1, 0.15) is 0 Å². The fourth-order valence-corrected chi connectivity index (χ4v) is 2.57. The molecule has 0 radical (unpaired) electrons. The number of hydrogen-bond acceptors (Lipinski definition) is 5. The Morgan fingerprint density at radius 3 is 2.32 bits per heavy atom. The molecule has 0 saturated carbocycles. The number of benzene rings is 2. The van der Waals surface area contributed by atoms with Crippen molar-refractivity contribution in [3.8, 4) is 0 Å². The lowest BCUT2D eigenvalue weighted by Crippen LogP contribution is -2.14. The molecule has 3 rings (SSSR count). The third-order valence-electron chi connectivity index (χ3n) is 3.86. The summed E-state index contributed by atoms with van der Waals surface area (Å²) in [5.74, 6) is 1.11. The molecule has 2 N–H and O–H groups in total. The highest BCUT2D eigenvalue weighted by atomic mass is 15.3. The zero-order chi connectivity index (χ0) is 17.9. The smallest absolute Gasteiger partial charge is 0.249 e. The molecule has 25 heavy (non-hydrogen) atoms. The van der Waals surface area contributed by atoms with Crippen LogP contribution in [0.5, 0.6) is 0 Å². The van der Waals surface area contributed by atoms with E-state index < -0.39 is 0 Å². The maximum Gasteiger partial charge on any atom is 0.249 e. The van der Waals surface area contributed by atoms with Gasteiger partial charge in [0.25, 0.3) is 0 Å². The van der Waals surface area contributed by atoms with Crippen molar-refractivity contribution in [2.45, 2.75) is 33.1 Å². The number of para-hydroxylation sites is 1. The molecule has 128 valence electrons. The van der Waals surface area contributed by atoms with Gasteiger partial charge in [-0.05, 0) is 36.1 Å². The van der Waals surface area contributed by atoms with E-state index in [9.17, 15) is 0 Å². The minimum Gasteiger partial charge on any atom is -0.339 e. The van der Waals surface area contributed by atoms with Gasteiger partial charge in [-0.25, -0.2) is 0 Å². The summed E-state index contributed by atoms with van der Waals surface area (Å²) in [5, 5.41) is 14.6. The molecule has 0 spiro atoms. The lowest BCUT2D eigenvalue weighted by atomic mass is 9.86. The summed E-state index contributed by atoms with van der Waals surface area (Å²) >= 11 is 0. The fraction of sp³-hybridized carbons (Fsp3) is 0.250. The van der Waals surface area contributed by atoms with Crippen LogP contribution in [0.25, 0.3) is 0 Å².